The third kappa shape index (κ3) is 4.56. The summed E-state index contributed by atoms with van der Waals surface area (Å²) < 4.78 is 0. The Morgan fingerprint density at radius 2 is 2.17 bits per heavy atom. The van der Waals surface area contributed by atoms with Crippen LogP contribution in [0.25, 0.3) is 0 Å². The summed E-state index contributed by atoms with van der Waals surface area (Å²) >= 11 is 1.66. The van der Waals surface area contributed by atoms with Gasteiger partial charge in [-0.15, -0.1) is 11.3 Å². The first-order chi connectivity index (χ1) is 11.5. The van der Waals surface area contributed by atoms with Crippen LogP contribution in [0, 0.1) is 11.8 Å². The Morgan fingerprint density at radius 1 is 1.38 bits per heavy atom. The van der Waals surface area contributed by atoms with E-state index < -0.39 is 0 Å². The zero-order valence-electron chi connectivity index (χ0n) is 14.6. The number of amides is 2. The molecule has 0 radical (unpaired) electrons. The second-order valence-corrected chi connectivity index (χ2v) is 8.34. The molecule has 1 saturated heterocycles. The van der Waals surface area contributed by atoms with E-state index in [9.17, 15) is 9.59 Å². The number of thiazole rings is 1. The molecule has 1 aromatic heterocycles. The number of piperidine rings is 1. The second-order valence-electron chi connectivity index (χ2n) is 7.45. The third-order valence-electron chi connectivity index (χ3n) is 4.67. The van der Waals surface area contributed by atoms with E-state index in [-0.39, 0.29) is 17.7 Å². The molecular formula is C18H27N3O2S. The normalized spacial score (nSPS) is 21.1. The van der Waals surface area contributed by atoms with E-state index in [1.165, 1.54) is 0 Å². The van der Waals surface area contributed by atoms with Crippen LogP contribution in [0.5, 0.6) is 0 Å². The number of nitrogens with one attached hydrogen (secondary N) is 1. The van der Waals surface area contributed by atoms with Crippen LogP contribution >= 0.6 is 11.3 Å². The largest absolute Gasteiger partial charge is 0.350 e. The molecule has 0 aromatic carbocycles. The Kier molecular flexibility index (Phi) is 5.54. The highest BCUT2D eigenvalue weighted by Crippen LogP contribution is 2.31. The maximum Gasteiger partial charge on any atom is 0.223 e. The van der Waals surface area contributed by atoms with Crippen LogP contribution in [-0.2, 0) is 16.1 Å². The standard InChI is InChI=1S/C18H27N3O2S/c1-12(2)8-16(22)21-7-3-4-14(10-21)18-20-15(11-24-18)9-19-17(23)13-5-6-13/h11-14H,3-10H2,1-2H3,(H,19,23). The maximum atomic E-state index is 12.3. The molecule has 1 N–H and O–H groups in total. The summed E-state index contributed by atoms with van der Waals surface area (Å²) in [6.45, 7) is 6.35. The van der Waals surface area contributed by atoms with Crippen molar-refractivity contribution >= 4 is 23.2 Å². The van der Waals surface area contributed by atoms with E-state index in [2.05, 4.69) is 19.2 Å². The number of hydrogen-bond acceptors (Lipinski definition) is 4. The van der Waals surface area contributed by atoms with Gasteiger partial charge in [-0.2, -0.15) is 0 Å². The minimum Gasteiger partial charge on any atom is -0.350 e. The van der Waals surface area contributed by atoms with Crippen molar-refractivity contribution in [2.24, 2.45) is 11.8 Å². The molecule has 1 aliphatic carbocycles. The van der Waals surface area contributed by atoms with Crippen LogP contribution in [0.3, 0.4) is 0 Å². The zero-order chi connectivity index (χ0) is 17.1. The second kappa shape index (κ2) is 7.64. The van der Waals surface area contributed by atoms with Gasteiger partial charge in [0.15, 0.2) is 0 Å². The van der Waals surface area contributed by atoms with Gasteiger partial charge in [-0.05, 0) is 31.6 Å². The monoisotopic (exact) mass is 349 g/mol. The SMILES string of the molecule is CC(C)CC(=O)N1CCCC(c2nc(CNC(=O)C3CC3)cs2)C1. The van der Waals surface area contributed by atoms with Gasteiger partial charge in [-0.3, -0.25) is 9.59 Å². The van der Waals surface area contributed by atoms with Crippen LogP contribution in [0.2, 0.25) is 0 Å². The number of likely N-dealkylation sites (tertiary alicyclic amines) is 1. The highest BCUT2D eigenvalue weighted by Gasteiger charge is 2.30. The van der Waals surface area contributed by atoms with E-state index in [1.54, 1.807) is 11.3 Å². The average Bonchev–Trinajstić information content (AvgIpc) is 3.30. The molecule has 6 heteroatoms. The predicted octanol–water partition coefficient (Wildman–Crippen LogP) is 2.92. The molecule has 2 fully saturated rings. The lowest BCUT2D eigenvalue weighted by atomic mass is 9.97. The van der Waals surface area contributed by atoms with Gasteiger partial charge >= 0.3 is 0 Å². The van der Waals surface area contributed by atoms with Gasteiger partial charge in [0.25, 0.3) is 0 Å². The first-order valence-electron chi connectivity index (χ1n) is 9.02. The fraction of sp³-hybridized carbons (Fsp3) is 0.722. The van der Waals surface area contributed by atoms with Crippen molar-refractivity contribution in [3.05, 3.63) is 16.1 Å². The summed E-state index contributed by atoms with van der Waals surface area (Å²) in [6, 6.07) is 0. The summed E-state index contributed by atoms with van der Waals surface area (Å²) in [7, 11) is 0. The Hall–Kier alpha value is -1.43. The Morgan fingerprint density at radius 3 is 2.88 bits per heavy atom. The van der Waals surface area contributed by atoms with Crippen molar-refractivity contribution in [1.29, 1.82) is 0 Å². The quantitative estimate of drug-likeness (QED) is 0.859. The van der Waals surface area contributed by atoms with E-state index in [0.717, 1.165) is 49.5 Å². The molecule has 1 aromatic rings. The molecule has 2 amide bonds. The van der Waals surface area contributed by atoms with Crippen LogP contribution in [-0.4, -0.2) is 34.8 Å². The molecule has 2 heterocycles. The van der Waals surface area contributed by atoms with Crippen molar-refractivity contribution in [3.63, 3.8) is 0 Å². The topological polar surface area (TPSA) is 62.3 Å². The van der Waals surface area contributed by atoms with E-state index in [1.807, 2.05) is 10.3 Å². The predicted molar refractivity (Wildman–Crippen MR) is 94.7 cm³/mol. The van der Waals surface area contributed by atoms with Crippen molar-refractivity contribution in [2.75, 3.05) is 13.1 Å². The summed E-state index contributed by atoms with van der Waals surface area (Å²) in [5.74, 6) is 1.41. The van der Waals surface area contributed by atoms with Gasteiger partial charge in [0.05, 0.1) is 17.2 Å². The van der Waals surface area contributed by atoms with Crippen molar-refractivity contribution in [3.8, 4) is 0 Å². The number of nitrogens with zero attached hydrogens (tertiary/aromatic N) is 2. The fourth-order valence-corrected chi connectivity index (χ4v) is 4.09. The van der Waals surface area contributed by atoms with Crippen LogP contribution < -0.4 is 5.32 Å². The summed E-state index contributed by atoms with van der Waals surface area (Å²) in [6.07, 6.45) is 4.81. The molecule has 1 atom stereocenters. The minimum atomic E-state index is 0.160. The van der Waals surface area contributed by atoms with E-state index in [4.69, 9.17) is 4.98 Å². The highest BCUT2D eigenvalue weighted by atomic mass is 32.1. The fourth-order valence-electron chi connectivity index (χ4n) is 3.14. The maximum absolute atomic E-state index is 12.3. The molecule has 3 rings (SSSR count). The molecule has 1 aliphatic heterocycles. The molecular weight excluding hydrogens is 322 g/mol. The van der Waals surface area contributed by atoms with Crippen molar-refractivity contribution in [1.82, 2.24) is 15.2 Å². The van der Waals surface area contributed by atoms with Gasteiger partial charge in [0, 0.05) is 36.7 Å². The van der Waals surface area contributed by atoms with Crippen LogP contribution in [0.15, 0.2) is 5.38 Å². The Balaban J connectivity index is 1.53. The minimum absolute atomic E-state index is 0.160. The van der Waals surface area contributed by atoms with Crippen LogP contribution in [0.4, 0.5) is 0 Å². The first-order valence-corrected chi connectivity index (χ1v) is 9.90. The van der Waals surface area contributed by atoms with Gasteiger partial charge < -0.3 is 10.2 Å². The molecule has 132 valence electrons. The molecule has 0 bridgehead atoms. The van der Waals surface area contributed by atoms with Gasteiger partial charge in [-0.1, -0.05) is 13.8 Å². The van der Waals surface area contributed by atoms with Crippen molar-refractivity contribution in [2.45, 2.75) is 58.4 Å². The molecule has 2 aliphatic rings. The summed E-state index contributed by atoms with van der Waals surface area (Å²) in [5, 5.41) is 6.11. The molecule has 24 heavy (non-hydrogen) atoms. The Labute approximate surface area is 147 Å². The van der Waals surface area contributed by atoms with Crippen molar-refractivity contribution < 1.29 is 9.59 Å². The summed E-state index contributed by atoms with van der Waals surface area (Å²) in [4.78, 5) is 30.7. The molecule has 1 saturated carbocycles. The molecule has 1 unspecified atom stereocenters. The first kappa shape index (κ1) is 17.4. The lowest BCUT2D eigenvalue weighted by molar-refractivity contribution is -0.133. The number of aromatic nitrogens is 1. The molecule has 0 spiro atoms. The van der Waals surface area contributed by atoms with Crippen LogP contribution in [0.1, 0.15) is 62.6 Å². The van der Waals surface area contributed by atoms with Gasteiger partial charge in [-0.25, -0.2) is 4.98 Å². The van der Waals surface area contributed by atoms with E-state index >= 15 is 0 Å². The third-order valence-corrected chi connectivity index (χ3v) is 5.72. The Bertz CT molecular complexity index is 595. The lowest BCUT2D eigenvalue weighted by Crippen LogP contribution is -2.39. The smallest absolute Gasteiger partial charge is 0.223 e. The van der Waals surface area contributed by atoms with Gasteiger partial charge in [0.1, 0.15) is 0 Å². The highest BCUT2D eigenvalue weighted by molar-refractivity contribution is 7.09. The summed E-state index contributed by atoms with van der Waals surface area (Å²) in [5.41, 5.74) is 0.939. The average molecular weight is 350 g/mol. The lowest BCUT2D eigenvalue weighted by Gasteiger charge is -2.32. The zero-order valence-corrected chi connectivity index (χ0v) is 15.4. The number of carbonyl (C=O) groups is 2. The van der Waals surface area contributed by atoms with Gasteiger partial charge in [0.2, 0.25) is 11.8 Å². The number of rotatable bonds is 6. The number of hydrogen-bond donors (Lipinski definition) is 1. The molecule has 5 nitrogen and oxygen atoms in total. The van der Waals surface area contributed by atoms with E-state index in [0.29, 0.717) is 24.8 Å². The number of carbonyl (C=O) groups excluding carboxylic acids is 2.